The summed E-state index contributed by atoms with van der Waals surface area (Å²) >= 11 is 1.84. The molecule has 3 rings (SSSR count). The van der Waals surface area contributed by atoms with Crippen molar-refractivity contribution in [1.82, 2.24) is 0 Å². The van der Waals surface area contributed by atoms with Crippen LogP contribution in [0.1, 0.15) is 0 Å². The Morgan fingerprint density at radius 2 is 1.00 bits per heavy atom. The number of benzene rings is 2. The summed E-state index contributed by atoms with van der Waals surface area (Å²) in [5.74, 6) is 0. The Kier molecular flexibility index (Phi) is 6.15. The van der Waals surface area contributed by atoms with Gasteiger partial charge in [0, 0.05) is 57.7 Å². The van der Waals surface area contributed by atoms with Gasteiger partial charge in [0.1, 0.15) is 0 Å². The van der Waals surface area contributed by atoms with Crippen LogP contribution in [-0.2, 0) is 0 Å². The Labute approximate surface area is 166 Å². The predicted octanol–water partition coefficient (Wildman–Crippen LogP) is 6.41. The van der Waals surface area contributed by atoms with Crippen molar-refractivity contribution in [3.8, 4) is 0 Å². The fourth-order valence-corrected chi connectivity index (χ4v) is 4.67. The fraction of sp³-hybridized carbons (Fsp3) is 0.167. The van der Waals surface area contributed by atoms with Crippen molar-refractivity contribution < 1.29 is 0 Å². The van der Waals surface area contributed by atoms with Gasteiger partial charge in [-0.05, 0) is 24.3 Å². The molecule has 0 fully saturated rings. The summed E-state index contributed by atoms with van der Waals surface area (Å²) in [5, 5.41) is 2.60. The van der Waals surface area contributed by atoms with E-state index in [1.165, 1.54) is 31.5 Å². The molecular formula is C24H26N2S. The van der Waals surface area contributed by atoms with Gasteiger partial charge in [0.15, 0.2) is 0 Å². The molecule has 0 aliphatic heterocycles. The molecule has 27 heavy (non-hydrogen) atoms. The number of anilines is 2. The molecule has 0 saturated carbocycles. The molecule has 1 aromatic heterocycles. The average Bonchev–Trinajstić information content (AvgIpc) is 3.06. The first-order valence-electron chi connectivity index (χ1n) is 9.12. The lowest BCUT2D eigenvalue weighted by molar-refractivity contribution is 0.960. The molecule has 2 aromatic carbocycles. The SMILES string of the molecule is C=CCN(CC=C)c1cccc2sc3cccc(N(CC=C)CC=C)c3c12. The van der Waals surface area contributed by atoms with Gasteiger partial charge in [-0.2, -0.15) is 0 Å². The second-order valence-electron chi connectivity index (χ2n) is 6.37. The zero-order valence-electron chi connectivity index (χ0n) is 15.7. The van der Waals surface area contributed by atoms with E-state index in [-0.39, 0.29) is 0 Å². The van der Waals surface area contributed by atoms with Gasteiger partial charge in [-0.1, -0.05) is 36.4 Å². The van der Waals surface area contributed by atoms with Crippen molar-refractivity contribution in [2.24, 2.45) is 0 Å². The third-order valence-corrected chi connectivity index (χ3v) is 5.68. The third-order valence-electron chi connectivity index (χ3n) is 4.56. The van der Waals surface area contributed by atoms with Crippen molar-refractivity contribution in [3.63, 3.8) is 0 Å². The highest BCUT2D eigenvalue weighted by Gasteiger charge is 2.17. The topological polar surface area (TPSA) is 6.48 Å². The zero-order chi connectivity index (χ0) is 19.2. The molecule has 3 aromatic rings. The van der Waals surface area contributed by atoms with Crippen LogP contribution < -0.4 is 9.80 Å². The molecule has 3 heteroatoms. The minimum Gasteiger partial charge on any atom is -0.364 e. The second-order valence-corrected chi connectivity index (χ2v) is 7.45. The van der Waals surface area contributed by atoms with E-state index in [2.05, 4.69) is 72.5 Å². The largest absolute Gasteiger partial charge is 0.364 e. The highest BCUT2D eigenvalue weighted by atomic mass is 32.1. The predicted molar refractivity (Wildman–Crippen MR) is 125 cm³/mol. The first-order chi connectivity index (χ1) is 13.2. The summed E-state index contributed by atoms with van der Waals surface area (Å²) in [5.41, 5.74) is 2.45. The van der Waals surface area contributed by atoms with E-state index in [4.69, 9.17) is 0 Å². The van der Waals surface area contributed by atoms with E-state index in [1.54, 1.807) is 0 Å². The van der Waals surface area contributed by atoms with Gasteiger partial charge in [0.05, 0.1) is 0 Å². The van der Waals surface area contributed by atoms with Crippen LogP contribution in [0.4, 0.5) is 11.4 Å². The monoisotopic (exact) mass is 374 g/mol. The number of hydrogen-bond acceptors (Lipinski definition) is 3. The smallest absolute Gasteiger partial charge is 0.0467 e. The van der Waals surface area contributed by atoms with Crippen LogP contribution in [0.15, 0.2) is 87.0 Å². The van der Waals surface area contributed by atoms with Gasteiger partial charge in [-0.25, -0.2) is 0 Å². The Hall–Kier alpha value is -2.78. The molecular weight excluding hydrogens is 348 g/mol. The van der Waals surface area contributed by atoms with Gasteiger partial charge < -0.3 is 9.80 Å². The van der Waals surface area contributed by atoms with E-state index < -0.39 is 0 Å². The highest BCUT2D eigenvalue weighted by Crippen LogP contribution is 2.44. The molecule has 0 bridgehead atoms. The van der Waals surface area contributed by atoms with Gasteiger partial charge in [-0.15, -0.1) is 37.7 Å². The van der Waals surface area contributed by atoms with Gasteiger partial charge in [0.25, 0.3) is 0 Å². The van der Waals surface area contributed by atoms with E-state index in [1.807, 2.05) is 35.6 Å². The third kappa shape index (κ3) is 3.69. The molecule has 0 spiro atoms. The van der Waals surface area contributed by atoms with E-state index in [9.17, 15) is 0 Å². The van der Waals surface area contributed by atoms with Crippen LogP contribution >= 0.6 is 11.3 Å². The first-order valence-corrected chi connectivity index (χ1v) is 9.94. The molecule has 0 saturated heterocycles. The molecule has 0 radical (unpaired) electrons. The zero-order valence-corrected chi connectivity index (χ0v) is 16.5. The molecule has 0 unspecified atom stereocenters. The first kappa shape index (κ1) is 19.0. The number of thiophene rings is 1. The van der Waals surface area contributed by atoms with E-state index >= 15 is 0 Å². The van der Waals surface area contributed by atoms with Crippen molar-refractivity contribution >= 4 is 42.9 Å². The highest BCUT2D eigenvalue weighted by molar-refractivity contribution is 7.26. The van der Waals surface area contributed by atoms with Crippen molar-refractivity contribution in [2.75, 3.05) is 36.0 Å². The van der Waals surface area contributed by atoms with Crippen LogP contribution in [0.5, 0.6) is 0 Å². The molecule has 0 atom stereocenters. The molecule has 0 N–H and O–H groups in total. The minimum absolute atomic E-state index is 0.785. The Balaban J connectivity index is 2.32. The number of fused-ring (bicyclic) bond motifs is 3. The fourth-order valence-electron chi connectivity index (χ4n) is 3.52. The van der Waals surface area contributed by atoms with Crippen LogP contribution in [0.2, 0.25) is 0 Å². The quantitative estimate of drug-likeness (QED) is 0.378. The lowest BCUT2D eigenvalue weighted by Crippen LogP contribution is -2.24. The standard InChI is InChI=1S/C24H26N2S/c1-5-15-25(16-6-2)19-11-9-13-21-23(19)24-20(12-10-14-22(24)27-21)26(17-7-3)18-8-4/h5-14H,1-4,15-18H2. The summed E-state index contributed by atoms with van der Waals surface area (Å²) in [6.07, 6.45) is 7.78. The van der Waals surface area contributed by atoms with Gasteiger partial charge >= 0.3 is 0 Å². The molecule has 2 nitrogen and oxygen atoms in total. The summed E-state index contributed by atoms with van der Waals surface area (Å²) in [7, 11) is 0. The van der Waals surface area contributed by atoms with Crippen LogP contribution in [0, 0.1) is 0 Å². The maximum atomic E-state index is 3.93. The van der Waals surface area contributed by atoms with Crippen molar-refractivity contribution in [2.45, 2.75) is 0 Å². The van der Waals surface area contributed by atoms with Gasteiger partial charge in [-0.3, -0.25) is 0 Å². The molecule has 0 amide bonds. The van der Waals surface area contributed by atoms with Gasteiger partial charge in [0.2, 0.25) is 0 Å². The average molecular weight is 375 g/mol. The summed E-state index contributed by atoms with van der Waals surface area (Å²) in [6.45, 7) is 18.9. The molecule has 0 aliphatic rings. The normalized spacial score (nSPS) is 10.7. The summed E-state index contributed by atoms with van der Waals surface area (Å²) in [6, 6.07) is 13.1. The van der Waals surface area contributed by atoms with Crippen molar-refractivity contribution in [1.29, 1.82) is 0 Å². The Morgan fingerprint density at radius 3 is 1.33 bits per heavy atom. The number of nitrogens with zero attached hydrogens (tertiary/aromatic N) is 2. The van der Waals surface area contributed by atoms with Crippen LogP contribution in [0.25, 0.3) is 20.2 Å². The van der Waals surface area contributed by atoms with Crippen LogP contribution in [0.3, 0.4) is 0 Å². The number of rotatable bonds is 10. The Bertz CT molecular complexity index is 884. The molecule has 138 valence electrons. The number of hydrogen-bond donors (Lipinski definition) is 0. The molecule has 0 aliphatic carbocycles. The minimum atomic E-state index is 0.785. The maximum absolute atomic E-state index is 3.93. The summed E-state index contributed by atoms with van der Waals surface area (Å²) < 4.78 is 2.59. The van der Waals surface area contributed by atoms with E-state index in [0.29, 0.717) is 0 Å². The van der Waals surface area contributed by atoms with E-state index in [0.717, 1.165) is 26.2 Å². The lowest BCUT2D eigenvalue weighted by Gasteiger charge is -2.25. The molecule has 1 heterocycles. The Morgan fingerprint density at radius 1 is 0.630 bits per heavy atom. The maximum Gasteiger partial charge on any atom is 0.0467 e. The summed E-state index contributed by atoms with van der Waals surface area (Å²) in [4.78, 5) is 4.63. The lowest BCUT2D eigenvalue weighted by atomic mass is 10.1. The second kappa shape index (κ2) is 8.74. The van der Waals surface area contributed by atoms with Crippen molar-refractivity contribution in [3.05, 3.63) is 87.0 Å². The van der Waals surface area contributed by atoms with Crippen LogP contribution in [-0.4, -0.2) is 26.2 Å².